The molecule has 0 aromatic heterocycles. The van der Waals surface area contributed by atoms with E-state index >= 15 is 0 Å². The molecule has 1 aromatic rings. The molecule has 2 rings (SSSR count). The van der Waals surface area contributed by atoms with Gasteiger partial charge in [0.1, 0.15) is 12.0 Å². The van der Waals surface area contributed by atoms with Crippen LogP contribution in [0.2, 0.25) is 5.02 Å². The number of carbonyl (C=O) groups excluding carboxylic acids is 1. The van der Waals surface area contributed by atoms with E-state index in [-0.39, 0.29) is 5.41 Å². The van der Waals surface area contributed by atoms with Crippen LogP contribution in [0.1, 0.15) is 18.4 Å². The van der Waals surface area contributed by atoms with Gasteiger partial charge in [-0.15, -0.1) is 0 Å². The van der Waals surface area contributed by atoms with Crippen LogP contribution in [0.5, 0.6) is 5.75 Å². The maximum absolute atomic E-state index is 10.9. The molecule has 1 saturated carbocycles. The van der Waals surface area contributed by atoms with Crippen molar-refractivity contribution in [1.29, 1.82) is 0 Å². The van der Waals surface area contributed by atoms with E-state index in [1.54, 1.807) is 13.2 Å². The number of carbonyl (C=O) groups is 1. The summed E-state index contributed by atoms with van der Waals surface area (Å²) in [7, 11) is 1.58. The lowest BCUT2D eigenvalue weighted by atomic mass is 9.98. The van der Waals surface area contributed by atoms with Crippen molar-refractivity contribution >= 4 is 17.9 Å². The summed E-state index contributed by atoms with van der Waals surface area (Å²) in [5.74, 6) is 0.650. The quantitative estimate of drug-likeness (QED) is 0.717. The molecule has 3 heteroatoms. The third-order valence-electron chi connectivity index (χ3n) is 2.74. The monoisotopic (exact) mass is 210 g/mol. The van der Waals surface area contributed by atoms with E-state index in [4.69, 9.17) is 16.3 Å². The molecule has 0 saturated heterocycles. The second-order valence-corrected chi connectivity index (χ2v) is 4.03. The molecule has 1 aliphatic carbocycles. The Morgan fingerprint density at radius 3 is 2.64 bits per heavy atom. The molecule has 14 heavy (non-hydrogen) atoms. The van der Waals surface area contributed by atoms with Crippen LogP contribution in [-0.2, 0) is 10.2 Å². The van der Waals surface area contributed by atoms with Crippen molar-refractivity contribution in [3.63, 3.8) is 0 Å². The number of hydrogen-bond donors (Lipinski definition) is 0. The Morgan fingerprint density at radius 1 is 1.50 bits per heavy atom. The first-order chi connectivity index (χ1) is 6.72. The fraction of sp³-hybridized carbons (Fsp3) is 0.364. The fourth-order valence-corrected chi connectivity index (χ4v) is 1.84. The fourth-order valence-electron chi connectivity index (χ4n) is 1.59. The first-order valence-electron chi connectivity index (χ1n) is 4.52. The van der Waals surface area contributed by atoms with Gasteiger partial charge in [-0.2, -0.15) is 0 Å². The summed E-state index contributed by atoms with van der Waals surface area (Å²) in [6.07, 6.45) is 2.88. The van der Waals surface area contributed by atoms with Gasteiger partial charge in [-0.25, -0.2) is 0 Å². The van der Waals surface area contributed by atoms with Crippen LogP contribution in [0.25, 0.3) is 0 Å². The van der Waals surface area contributed by atoms with Crippen LogP contribution >= 0.6 is 11.6 Å². The third-order valence-corrected chi connectivity index (χ3v) is 3.04. The molecule has 0 amide bonds. The van der Waals surface area contributed by atoms with Gasteiger partial charge in [-0.1, -0.05) is 17.7 Å². The van der Waals surface area contributed by atoms with E-state index in [1.165, 1.54) is 0 Å². The van der Waals surface area contributed by atoms with Crippen molar-refractivity contribution < 1.29 is 9.53 Å². The van der Waals surface area contributed by atoms with Crippen molar-refractivity contribution in [3.05, 3.63) is 28.8 Å². The van der Waals surface area contributed by atoms with E-state index in [9.17, 15) is 4.79 Å². The first-order valence-corrected chi connectivity index (χ1v) is 4.90. The zero-order chi connectivity index (χ0) is 10.2. The number of rotatable bonds is 3. The molecule has 1 fully saturated rings. The molecule has 1 aliphatic rings. The van der Waals surface area contributed by atoms with Gasteiger partial charge in [0.15, 0.2) is 0 Å². The normalized spacial score (nSPS) is 17.6. The van der Waals surface area contributed by atoms with Crippen LogP contribution in [0.3, 0.4) is 0 Å². The molecule has 2 nitrogen and oxygen atoms in total. The molecule has 0 N–H and O–H groups in total. The lowest BCUT2D eigenvalue weighted by Gasteiger charge is -2.09. The van der Waals surface area contributed by atoms with Gasteiger partial charge < -0.3 is 9.53 Å². The van der Waals surface area contributed by atoms with Gasteiger partial charge in [0, 0.05) is 0 Å². The van der Waals surface area contributed by atoms with Crippen molar-refractivity contribution in [2.24, 2.45) is 0 Å². The average Bonchev–Trinajstić information content (AvgIpc) is 2.98. The topological polar surface area (TPSA) is 26.3 Å². The number of methoxy groups -OCH3 is 1. The highest BCUT2D eigenvalue weighted by atomic mass is 35.5. The predicted molar refractivity (Wildman–Crippen MR) is 55.0 cm³/mol. The lowest BCUT2D eigenvalue weighted by molar-refractivity contribution is -0.109. The second kappa shape index (κ2) is 3.28. The highest BCUT2D eigenvalue weighted by Crippen LogP contribution is 2.47. The summed E-state index contributed by atoms with van der Waals surface area (Å²) in [5.41, 5.74) is 0.744. The van der Waals surface area contributed by atoms with Crippen LogP contribution < -0.4 is 4.74 Å². The van der Waals surface area contributed by atoms with Gasteiger partial charge in [-0.05, 0) is 30.5 Å². The van der Waals surface area contributed by atoms with Crippen LogP contribution in [0, 0.1) is 0 Å². The number of hydrogen-bond acceptors (Lipinski definition) is 2. The summed E-state index contributed by atoms with van der Waals surface area (Å²) < 4.78 is 5.05. The number of ether oxygens (including phenoxy) is 1. The Labute approximate surface area is 87.8 Å². The van der Waals surface area contributed by atoms with Crippen LogP contribution in [0.4, 0.5) is 0 Å². The lowest BCUT2D eigenvalue weighted by Crippen LogP contribution is -2.07. The maximum atomic E-state index is 10.9. The number of benzene rings is 1. The minimum absolute atomic E-state index is 0.254. The Morgan fingerprint density at radius 2 is 2.21 bits per heavy atom. The molecular weight excluding hydrogens is 200 g/mol. The molecule has 1 aromatic carbocycles. The van der Waals surface area contributed by atoms with Crippen molar-refractivity contribution in [2.45, 2.75) is 18.3 Å². The van der Waals surface area contributed by atoms with E-state index in [0.29, 0.717) is 10.8 Å². The van der Waals surface area contributed by atoms with Crippen LogP contribution in [0.15, 0.2) is 18.2 Å². The van der Waals surface area contributed by atoms with Gasteiger partial charge in [-0.3, -0.25) is 0 Å². The first kappa shape index (κ1) is 9.53. The molecular formula is C11H11ClO2. The summed E-state index contributed by atoms with van der Waals surface area (Å²) >= 11 is 5.98. The molecule has 0 spiro atoms. The SMILES string of the molecule is COc1ccc(C2(C=O)CC2)cc1Cl. The number of halogens is 1. The maximum Gasteiger partial charge on any atom is 0.137 e. The van der Waals surface area contributed by atoms with E-state index < -0.39 is 0 Å². The van der Waals surface area contributed by atoms with Crippen molar-refractivity contribution in [2.75, 3.05) is 7.11 Å². The van der Waals surface area contributed by atoms with Crippen molar-refractivity contribution in [1.82, 2.24) is 0 Å². The Bertz CT molecular complexity index is 370. The molecule has 0 aliphatic heterocycles. The molecule has 0 unspecified atom stereocenters. The summed E-state index contributed by atoms with van der Waals surface area (Å²) in [5, 5.41) is 0.568. The largest absolute Gasteiger partial charge is 0.495 e. The van der Waals surface area contributed by atoms with E-state index in [2.05, 4.69) is 0 Å². The Hall–Kier alpha value is -1.02. The van der Waals surface area contributed by atoms with E-state index in [1.807, 2.05) is 12.1 Å². The Balaban J connectivity index is 2.38. The average molecular weight is 211 g/mol. The smallest absolute Gasteiger partial charge is 0.137 e. The zero-order valence-corrected chi connectivity index (χ0v) is 8.67. The molecule has 74 valence electrons. The van der Waals surface area contributed by atoms with E-state index in [0.717, 1.165) is 24.7 Å². The minimum Gasteiger partial charge on any atom is -0.495 e. The number of aldehydes is 1. The molecule has 0 bridgehead atoms. The van der Waals surface area contributed by atoms with Gasteiger partial charge in [0.05, 0.1) is 17.5 Å². The van der Waals surface area contributed by atoms with Crippen LogP contribution in [-0.4, -0.2) is 13.4 Å². The summed E-state index contributed by atoms with van der Waals surface area (Å²) in [6.45, 7) is 0. The second-order valence-electron chi connectivity index (χ2n) is 3.62. The van der Waals surface area contributed by atoms with Gasteiger partial charge in [0.25, 0.3) is 0 Å². The zero-order valence-electron chi connectivity index (χ0n) is 7.92. The highest BCUT2D eigenvalue weighted by molar-refractivity contribution is 6.32. The third kappa shape index (κ3) is 1.40. The summed E-state index contributed by atoms with van der Waals surface area (Å²) in [4.78, 5) is 10.9. The molecule has 0 heterocycles. The van der Waals surface area contributed by atoms with Gasteiger partial charge >= 0.3 is 0 Å². The molecule has 0 radical (unpaired) electrons. The van der Waals surface area contributed by atoms with Gasteiger partial charge in [0.2, 0.25) is 0 Å². The predicted octanol–water partition coefficient (Wildman–Crippen LogP) is 2.58. The minimum atomic E-state index is -0.254. The summed E-state index contributed by atoms with van der Waals surface area (Å²) in [6, 6.07) is 5.54. The highest BCUT2D eigenvalue weighted by Gasteiger charge is 2.44. The van der Waals surface area contributed by atoms with Crippen molar-refractivity contribution in [3.8, 4) is 5.75 Å². The standard InChI is InChI=1S/C11H11ClO2/c1-14-10-3-2-8(6-9(10)12)11(7-13)4-5-11/h2-3,6-7H,4-5H2,1H3. The molecule has 0 atom stereocenters. The Kier molecular flexibility index (Phi) is 2.23.